The molecule has 0 aromatic carbocycles. The molecule has 14 heavy (non-hydrogen) atoms. The highest BCUT2D eigenvalue weighted by molar-refractivity contribution is 5.84. The second kappa shape index (κ2) is 3.46. The van der Waals surface area contributed by atoms with Crippen LogP contribution in [0.3, 0.4) is 0 Å². The number of halogens is 2. The van der Waals surface area contributed by atoms with Gasteiger partial charge in [0, 0.05) is 5.41 Å². The van der Waals surface area contributed by atoms with Gasteiger partial charge < -0.3 is 10.1 Å². The molecule has 0 atom stereocenters. The van der Waals surface area contributed by atoms with Crippen LogP contribution in [0.1, 0.15) is 20.8 Å². The smallest absolute Gasteiger partial charge is 0.329 e. The summed E-state index contributed by atoms with van der Waals surface area (Å²) in [6.45, 7) is 4.66. The Morgan fingerprint density at radius 1 is 1.36 bits per heavy atom. The number of ether oxygens (including phenoxy) is 1. The molecule has 5 heteroatoms. The lowest BCUT2D eigenvalue weighted by molar-refractivity contribution is -0.166. The molecule has 3 nitrogen and oxygen atoms in total. The molecular weight excluding hydrogens is 192 g/mol. The van der Waals surface area contributed by atoms with Crippen LogP contribution in [0.4, 0.5) is 8.78 Å². The van der Waals surface area contributed by atoms with E-state index in [1.54, 1.807) is 0 Å². The molecule has 0 aromatic heterocycles. The number of hydrogen-bond acceptors (Lipinski definition) is 2. The summed E-state index contributed by atoms with van der Waals surface area (Å²) in [6.07, 6.45) is 0. The highest BCUT2D eigenvalue weighted by Gasteiger charge is 2.50. The van der Waals surface area contributed by atoms with Crippen molar-refractivity contribution in [2.75, 3.05) is 13.2 Å². The van der Waals surface area contributed by atoms with Gasteiger partial charge in [-0.25, -0.2) is 0 Å². The van der Waals surface area contributed by atoms with Gasteiger partial charge in [-0.15, -0.1) is 0 Å². The monoisotopic (exact) mass is 207 g/mol. The number of carbonyl (C=O) groups excluding carboxylic acids is 1. The van der Waals surface area contributed by atoms with Gasteiger partial charge >= 0.3 is 5.92 Å². The number of carbonyl (C=O) groups is 1. The first-order valence-corrected chi connectivity index (χ1v) is 4.51. The third kappa shape index (κ3) is 2.03. The third-order valence-electron chi connectivity index (χ3n) is 2.20. The minimum Gasteiger partial charge on any atom is -0.377 e. The first-order chi connectivity index (χ1) is 6.25. The van der Waals surface area contributed by atoms with E-state index < -0.39 is 17.2 Å². The maximum Gasteiger partial charge on any atom is 0.329 e. The number of rotatable bonds is 2. The number of nitrogens with one attached hydrogen (secondary N) is 1. The fourth-order valence-corrected chi connectivity index (χ4v) is 0.936. The Hall–Kier alpha value is -0.710. The van der Waals surface area contributed by atoms with Crippen LogP contribution in [0, 0.1) is 5.41 Å². The summed E-state index contributed by atoms with van der Waals surface area (Å²) in [5.41, 5.74) is -1.36. The molecule has 1 fully saturated rings. The fraction of sp³-hybridized carbons (Fsp3) is 0.889. The Labute approximate surface area is 81.8 Å². The number of alkyl halides is 2. The summed E-state index contributed by atoms with van der Waals surface area (Å²) < 4.78 is 31.6. The molecule has 0 radical (unpaired) electrons. The van der Waals surface area contributed by atoms with E-state index in [2.05, 4.69) is 5.32 Å². The lowest BCUT2D eigenvalue weighted by Crippen LogP contribution is -2.56. The third-order valence-corrected chi connectivity index (χ3v) is 2.20. The molecule has 1 amide bonds. The minimum absolute atomic E-state index is 0.254. The van der Waals surface area contributed by atoms with Gasteiger partial charge in [-0.2, -0.15) is 8.78 Å². The predicted octanol–water partition coefficient (Wildman–Crippen LogP) is 1.18. The summed E-state index contributed by atoms with van der Waals surface area (Å²) in [5.74, 6) is -4.55. The topological polar surface area (TPSA) is 38.3 Å². The number of amides is 1. The summed E-state index contributed by atoms with van der Waals surface area (Å²) in [7, 11) is 0. The minimum atomic E-state index is -3.34. The van der Waals surface area contributed by atoms with Crippen molar-refractivity contribution in [1.82, 2.24) is 5.32 Å². The molecule has 0 bridgehead atoms. The van der Waals surface area contributed by atoms with Crippen molar-refractivity contribution in [1.29, 1.82) is 0 Å². The van der Waals surface area contributed by atoms with E-state index in [1.807, 2.05) is 0 Å². The molecule has 1 aliphatic rings. The van der Waals surface area contributed by atoms with E-state index in [1.165, 1.54) is 20.8 Å². The normalized spacial score (nSPS) is 18.9. The Bertz CT molecular complexity index is 231. The van der Waals surface area contributed by atoms with E-state index in [9.17, 15) is 13.6 Å². The predicted molar refractivity (Wildman–Crippen MR) is 47.2 cm³/mol. The Morgan fingerprint density at radius 2 is 1.86 bits per heavy atom. The number of hydrogen-bond donors (Lipinski definition) is 1. The van der Waals surface area contributed by atoms with Crippen molar-refractivity contribution >= 4 is 5.91 Å². The van der Waals surface area contributed by atoms with E-state index in [0.29, 0.717) is 13.2 Å². The molecular formula is C9H15F2NO2. The molecule has 0 saturated carbocycles. The molecule has 1 saturated heterocycles. The van der Waals surface area contributed by atoms with Gasteiger partial charge in [-0.05, 0) is 0 Å². The molecule has 0 spiro atoms. The van der Waals surface area contributed by atoms with Crippen LogP contribution in [0.25, 0.3) is 0 Å². The van der Waals surface area contributed by atoms with Crippen molar-refractivity contribution in [3.05, 3.63) is 0 Å². The second-order valence-electron chi connectivity index (χ2n) is 4.53. The average molecular weight is 207 g/mol. The summed E-state index contributed by atoms with van der Waals surface area (Å²) >= 11 is 0. The van der Waals surface area contributed by atoms with Crippen LogP contribution in [0.2, 0.25) is 0 Å². The molecule has 1 aliphatic heterocycles. The van der Waals surface area contributed by atoms with Gasteiger partial charge in [0.05, 0.1) is 19.3 Å². The lowest BCUT2D eigenvalue weighted by Gasteiger charge is -2.33. The van der Waals surface area contributed by atoms with Crippen LogP contribution >= 0.6 is 0 Å². The zero-order chi connectivity index (χ0) is 11.0. The van der Waals surface area contributed by atoms with Gasteiger partial charge in [-0.3, -0.25) is 4.79 Å². The maximum absolute atomic E-state index is 13.4. The van der Waals surface area contributed by atoms with Crippen molar-refractivity contribution in [2.24, 2.45) is 5.41 Å². The van der Waals surface area contributed by atoms with Crippen molar-refractivity contribution in [3.63, 3.8) is 0 Å². The molecule has 1 rings (SSSR count). The van der Waals surface area contributed by atoms with Gasteiger partial charge in [0.15, 0.2) is 0 Å². The van der Waals surface area contributed by atoms with Crippen LogP contribution in [-0.4, -0.2) is 31.1 Å². The molecule has 1 N–H and O–H groups in total. The largest absolute Gasteiger partial charge is 0.377 e. The fourth-order valence-electron chi connectivity index (χ4n) is 0.936. The second-order valence-corrected chi connectivity index (χ2v) is 4.53. The zero-order valence-corrected chi connectivity index (χ0v) is 8.56. The van der Waals surface area contributed by atoms with E-state index in [-0.39, 0.29) is 6.04 Å². The van der Waals surface area contributed by atoms with E-state index in [0.717, 1.165) is 0 Å². The summed E-state index contributed by atoms with van der Waals surface area (Å²) in [6, 6.07) is -0.254. The van der Waals surface area contributed by atoms with Crippen molar-refractivity contribution in [2.45, 2.75) is 32.7 Å². The highest BCUT2D eigenvalue weighted by atomic mass is 19.3. The van der Waals surface area contributed by atoms with Crippen molar-refractivity contribution in [3.8, 4) is 0 Å². The van der Waals surface area contributed by atoms with Gasteiger partial charge in [0.2, 0.25) is 0 Å². The Morgan fingerprint density at radius 3 is 2.14 bits per heavy atom. The quantitative estimate of drug-likeness (QED) is 0.738. The van der Waals surface area contributed by atoms with Crippen LogP contribution in [0.5, 0.6) is 0 Å². The molecule has 82 valence electrons. The van der Waals surface area contributed by atoms with Gasteiger partial charge in [0.25, 0.3) is 5.91 Å². The summed E-state index contributed by atoms with van der Waals surface area (Å²) in [4.78, 5) is 11.2. The standard InChI is InChI=1S/C9H15F2NO2/c1-8(2,3)9(10,11)7(13)12-6-4-14-5-6/h6H,4-5H2,1-3H3,(H,12,13). The zero-order valence-electron chi connectivity index (χ0n) is 8.56. The van der Waals surface area contributed by atoms with Gasteiger partial charge in [-0.1, -0.05) is 20.8 Å². The van der Waals surface area contributed by atoms with Gasteiger partial charge in [0.1, 0.15) is 0 Å². The molecule has 1 heterocycles. The van der Waals surface area contributed by atoms with Crippen LogP contribution in [-0.2, 0) is 9.53 Å². The molecule has 0 aliphatic carbocycles. The maximum atomic E-state index is 13.4. The Kier molecular flexibility index (Phi) is 2.81. The van der Waals surface area contributed by atoms with Crippen LogP contribution < -0.4 is 5.32 Å². The first-order valence-electron chi connectivity index (χ1n) is 4.51. The highest BCUT2D eigenvalue weighted by Crippen LogP contribution is 2.35. The molecule has 0 unspecified atom stereocenters. The Balaban J connectivity index is 2.57. The first kappa shape index (κ1) is 11.4. The van der Waals surface area contributed by atoms with Crippen LogP contribution in [0.15, 0.2) is 0 Å². The van der Waals surface area contributed by atoms with Crippen molar-refractivity contribution < 1.29 is 18.3 Å². The SMILES string of the molecule is CC(C)(C)C(F)(F)C(=O)NC1COC1. The van der Waals surface area contributed by atoms with E-state index in [4.69, 9.17) is 4.74 Å². The molecule has 0 aromatic rings. The lowest BCUT2D eigenvalue weighted by atomic mass is 9.87. The van der Waals surface area contributed by atoms with E-state index >= 15 is 0 Å². The summed E-state index contributed by atoms with van der Waals surface area (Å²) in [5, 5.41) is 2.25. The average Bonchev–Trinajstić information content (AvgIpc) is 1.93.